The van der Waals surface area contributed by atoms with Crippen LogP contribution in [0.25, 0.3) is 0 Å². The molecule has 0 N–H and O–H groups in total. The fourth-order valence-corrected chi connectivity index (χ4v) is 2.54. The van der Waals surface area contributed by atoms with Gasteiger partial charge in [-0.2, -0.15) is 18.4 Å². The van der Waals surface area contributed by atoms with Crippen LogP contribution in [0.4, 0.5) is 13.2 Å². The Labute approximate surface area is 157 Å². The molecule has 0 bridgehead atoms. The van der Waals surface area contributed by atoms with Crippen molar-refractivity contribution in [2.24, 2.45) is 4.99 Å². The number of rotatable bonds is 7. The molecule has 2 rings (SSSR count). The molecule has 0 radical (unpaired) electrons. The summed E-state index contributed by atoms with van der Waals surface area (Å²) >= 11 is 0. The van der Waals surface area contributed by atoms with E-state index in [1.54, 1.807) is 0 Å². The molecule has 27 heavy (non-hydrogen) atoms. The lowest BCUT2D eigenvalue weighted by atomic mass is 10.0. The average Bonchev–Trinajstić information content (AvgIpc) is 2.64. The lowest BCUT2D eigenvalue weighted by molar-refractivity contribution is -0.137. The Morgan fingerprint density at radius 3 is 2.22 bits per heavy atom. The topological polar surface area (TPSA) is 45.4 Å². The largest absolute Gasteiger partial charge is 0.416 e. The highest BCUT2D eigenvalue weighted by Crippen LogP contribution is 2.29. The molecule has 2 aromatic rings. The molecule has 6 heteroatoms. The van der Waals surface area contributed by atoms with E-state index in [1.807, 2.05) is 50.2 Å². The van der Waals surface area contributed by atoms with Crippen molar-refractivity contribution in [1.82, 2.24) is 0 Å². The van der Waals surface area contributed by atoms with E-state index < -0.39 is 11.7 Å². The van der Waals surface area contributed by atoms with Crippen LogP contribution in [-0.4, -0.2) is 18.4 Å². The minimum Gasteiger partial charge on any atom is -0.379 e. The number of alkyl halides is 3. The minimum atomic E-state index is -4.41. The Balaban J connectivity index is 2.30. The van der Waals surface area contributed by atoms with E-state index in [0.717, 1.165) is 17.7 Å². The first-order valence-electron chi connectivity index (χ1n) is 8.63. The fourth-order valence-electron chi connectivity index (χ4n) is 2.54. The maximum atomic E-state index is 12.7. The van der Waals surface area contributed by atoms with Gasteiger partial charge in [-0.1, -0.05) is 42.5 Å². The number of halogens is 3. The van der Waals surface area contributed by atoms with Crippen molar-refractivity contribution in [1.29, 1.82) is 5.26 Å². The zero-order chi connectivity index (χ0) is 19.9. The Hall–Kier alpha value is -2.65. The first-order valence-corrected chi connectivity index (χ1v) is 8.63. The maximum Gasteiger partial charge on any atom is 0.416 e. The molecule has 3 nitrogen and oxygen atoms in total. The summed E-state index contributed by atoms with van der Waals surface area (Å²) in [6, 6.07) is 15.6. The van der Waals surface area contributed by atoms with E-state index >= 15 is 0 Å². The Morgan fingerprint density at radius 1 is 1.07 bits per heavy atom. The number of nitriles is 1. The molecule has 1 atom stereocenters. The van der Waals surface area contributed by atoms with E-state index in [0.29, 0.717) is 18.6 Å². The van der Waals surface area contributed by atoms with Crippen LogP contribution in [0.5, 0.6) is 0 Å². The first-order chi connectivity index (χ1) is 12.8. The van der Waals surface area contributed by atoms with Crippen LogP contribution in [0.15, 0.2) is 59.6 Å². The highest BCUT2D eigenvalue weighted by molar-refractivity contribution is 6.11. The summed E-state index contributed by atoms with van der Waals surface area (Å²) in [4.78, 5) is 4.52. The highest BCUT2D eigenvalue weighted by Gasteiger charge is 2.30. The second kappa shape index (κ2) is 9.33. The molecule has 142 valence electrons. The average molecular weight is 374 g/mol. The van der Waals surface area contributed by atoms with Gasteiger partial charge in [0.2, 0.25) is 0 Å². The standard InChI is InChI=1S/C21H21F3N2O/c1-15(2)27-13-12-19(16-6-4-3-5-7-16)26-20(14-25)17-8-10-18(11-9-17)21(22,23)24/h3-11,15,19H,12-13H2,1-2H3/b26-20+/t19-/m1/s1. The number of aliphatic imine (C=N–C) groups is 1. The molecule has 0 aliphatic carbocycles. The summed E-state index contributed by atoms with van der Waals surface area (Å²) in [5, 5.41) is 9.48. The second-order valence-electron chi connectivity index (χ2n) is 6.30. The van der Waals surface area contributed by atoms with Gasteiger partial charge in [0.05, 0.1) is 17.7 Å². The predicted octanol–water partition coefficient (Wildman–Crippen LogP) is 5.57. The van der Waals surface area contributed by atoms with Gasteiger partial charge in [0.15, 0.2) is 0 Å². The van der Waals surface area contributed by atoms with Crippen molar-refractivity contribution in [2.45, 2.75) is 38.6 Å². The summed E-state index contributed by atoms with van der Waals surface area (Å²) < 4.78 is 43.8. The van der Waals surface area contributed by atoms with E-state index in [1.165, 1.54) is 12.1 Å². The zero-order valence-electron chi connectivity index (χ0n) is 15.2. The fraction of sp³-hybridized carbons (Fsp3) is 0.333. The normalized spacial score (nSPS) is 13.4. The van der Waals surface area contributed by atoms with E-state index in [2.05, 4.69) is 4.99 Å². The van der Waals surface area contributed by atoms with Gasteiger partial charge in [0.1, 0.15) is 11.8 Å². The van der Waals surface area contributed by atoms with E-state index in [4.69, 9.17) is 4.74 Å². The molecule has 0 aliphatic heterocycles. The van der Waals surface area contributed by atoms with Crippen LogP contribution in [-0.2, 0) is 10.9 Å². The van der Waals surface area contributed by atoms with Gasteiger partial charge < -0.3 is 4.74 Å². The third-order valence-corrected chi connectivity index (χ3v) is 3.90. The molecule has 0 unspecified atom stereocenters. The highest BCUT2D eigenvalue weighted by atomic mass is 19.4. The molecule has 0 spiro atoms. The quantitative estimate of drug-likeness (QED) is 0.594. The van der Waals surface area contributed by atoms with E-state index in [9.17, 15) is 18.4 Å². The van der Waals surface area contributed by atoms with Crippen LogP contribution >= 0.6 is 0 Å². The Kier molecular flexibility index (Phi) is 7.14. The molecule has 0 aromatic heterocycles. The van der Waals surface area contributed by atoms with Gasteiger partial charge in [-0.25, -0.2) is 0 Å². The first kappa shape index (κ1) is 20.7. The third kappa shape index (κ3) is 6.22. The molecule has 0 saturated heterocycles. The zero-order valence-corrected chi connectivity index (χ0v) is 15.2. The SMILES string of the molecule is CC(C)OCC[C@@H](/N=C(\C#N)c1ccc(C(F)(F)F)cc1)c1ccccc1. The van der Waals surface area contributed by atoms with Gasteiger partial charge in [0.25, 0.3) is 0 Å². The Morgan fingerprint density at radius 2 is 1.70 bits per heavy atom. The van der Waals surface area contributed by atoms with Crippen LogP contribution in [0.2, 0.25) is 0 Å². The van der Waals surface area contributed by atoms with Crippen molar-refractivity contribution in [3.8, 4) is 6.07 Å². The molecule has 0 fully saturated rings. The maximum absolute atomic E-state index is 12.7. The third-order valence-electron chi connectivity index (χ3n) is 3.90. The van der Waals surface area contributed by atoms with Crippen LogP contribution < -0.4 is 0 Å². The lowest BCUT2D eigenvalue weighted by Gasteiger charge is -2.15. The molecule has 0 saturated carbocycles. The van der Waals surface area contributed by atoms with Crippen molar-refractivity contribution < 1.29 is 17.9 Å². The van der Waals surface area contributed by atoms with Gasteiger partial charge in [-0.05, 0) is 38.0 Å². The number of nitrogens with zero attached hydrogens (tertiary/aromatic N) is 2. The number of hydrogen-bond acceptors (Lipinski definition) is 3. The van der Waals surface area contributed by atoms with Crippen LogP contribution in [0.3, 0.4) is 0 Å². The lowest BCUT2D eigenvalue weighted by Crippen LogP contribution is -2.10. The van der Waals surface area contributed by atoms with Gasteiger partial charge >= 0.3 is 6.18 Å². The van der Waals surface area contributed by atoms with Crippen molar-refractivity contribution in [3.63, 3.8) is 0 Å². The molecular weight excluding hydrogens is 353 g/mol. The monoisotopic (exact) mass is 374 g/mol. The minimum absolute atomic E-state index is 0.0794. The summed E-state index contributed by atoms with van der Waals surface area (Å²) in [6.45, 7) is 4.33. The van der Waals surface area contributed by atoms with Crippen LogP contribution in [0.1, 0.15) is 43.0 Å². The summed E-state index contributed by atoms with van der Waals surface area (Å²) in [6.07, 6.45) is -3.77. The van der Waals surface area contributed by atoms with Crippen LogP contribution in [0, 0.1) is 11.3 Å². The number of hydrogen-bond donors (Lipinski definition) is 0. The smallest absolute Gasteiger partial charge is 0.379 e. The number of benzene rings is 2. The van der Waals surface area contributed by atoms with Crippen molar-refractivity contribution in [2.75, 3.05) is 6.61 Å². The second-order valence-corrected chi connectivity index (χ2v) is 6.30. The van der Waals surface area contributed by atoms with Gasteiger partial charge in [-0.15, -0.1) is 0 Å². The number of ether oxygens (including phenoxy) is 1. The van der Waals surface area contributed by atoms with Gasteiger partial charge in [-0.3, -0.25) is 4.99 Å². The van der Waals surface area contributed by atoms with Crippen molar-refractivity contribution in [3.05, 3.63) is 71.3 Å². The van der Waals surface area contributed by atoms with Gasteiger partial charge in [0, 0.05) is 12.2 Å². The summed E-state index contributed by atoms with van der Waals surface area (Å²) in [5.41, 5.74) is 0.622. The predicted molar refractivity (Wildman–Crippen MR) is 98.5 cm³/mol. The molecule has 2 aromatic carbocycles. The van der Waals surface area contributed by atoms with Crippen molar-refractivity contribution >= 4 is 5.71 Å². The summed E-state index contributed by atoms with van der Waals surface area (Å²) in [7, 11) is 0. The van der Waals surface area contributed by atoms with E-state index in [-0.39, 0.29) is 17.9 Å². The molecule has 0 heterocycles. The summed E-state index contributed by atoms with van der Waals surface area (Å²) in [5.74, 6) is 0. The molecule has 0 aliphatic rings. The molecule has 0 amide bonds. The Bertz CT molecular complexity index is 791. The molecular formula is C21H21F3N2O.